The van der Waals surface area contributed by atoms with Crippen molar-refractivity contribution in [1.29, 1.82) is 0 Å². The number of likely N-dealkylation sites (tertiary alicyclic amines) is 1. The first kappa shape index (κ1) is 17.6. The van der Waals surface area contributed by atoms with Gasteiger partial charge in [-0.2, -0.15) is 0 Å². The second-order valence-corrected chi connectivity index (χ2v) is 7.56. The van der Waals surface area contributed by atoms with Gasteiger partial charge < -0.3 is 10.6 Å². The summed E-state index contributed by atoms with van der Waals surface area (Å²) in [6.07, 6.45) is 3.20. The van der Waals surface area contributed by atoms with Gasteiger partial charge in [-0.15, -0.1) is 11.3 Å². The van der Waals surface area contributed by atoms with Crippen LogP contribution in [0.2, 0.25) is 0 Å². The number of nitrogens with zero attached hydrogens (tertiary/aromatic N) is 2. The first-order valence-electron chi connectivity index (χ1n) is 8.58. The number of aryl methyl sites for hydroxylation is 2. The Morgan fingerprint density at radius 2 is 2.24 bits per heavy atom. The molecule has 1 aromatic carbocycles. The largest absolute Gasteiger partial charge is 0.366 e. The molecule has 6 heteroatoms. The van der Waals surface area contributed by atoms with Crippen molar-refractivity contribution in [1.82, 2.24) is 9.88 Å². The van der Waals surface area contributed by atoms with E-state index in [1.807, 2.05) is 35.5 Å². The number of primary amides is 1. The Morgan fingerprint density at radius 1 is 1.40 bits per heavy atom. The second kappa shape index (κ2) is 7.78. The van der Waals surface area contributed by atoms with E-state index in [-0.39, 0.29) is 5.91 Å². The van der Waals surface area contributed by atoms with Crippen molar-refractivity contribution in [3.8, 4) is 0 Å². The molecule has 2 heterocycles. The molecule has 0 spiro atoms. The average Bonchev–Trinajstić information content (AvgIpc) is 3.22. The van der Waals surface area contributed by atoms with Crippen LogP contribution in [0.4, 0.5) is 0 Å². The molecule has 0 unspecified atom stereocenters. The molecule has 132 valence electrons. The molecule has 1 aromatic heterocycles. The Bertz CT molecular complexity index is 772. The molecule has 1 aliphatic heterocycles. The number of carbonyl (C=O) groups is 2. The van der Waals surface area contributed by atoms with Gasteiger partial charge in [-0.3, -0.25) is 9.59 Å². The van der Waals surface area contributed by atoms with Crippen molar-refractivity contribution in [2.24, 2.45) is 11.7 Å². The lowest BCUT2D eigenvalue weighted by atomic mass is 9.97. The van der Waals surface area contributed by atoms with E-state index in [1.165, 1.54) is 4.88 Å². The Hall–Kier alpha value is -2.21. The Kier molecular flexibility index (Phi) is 5.48. The van der Waals surface area contributed by atoms with Crippen LogP contribution in [0, 0.1) is 12.8 Å². The van der Waals surface area contributed by atoms with Gasteiger partial charge in [0.1, 0.15) is 0 Å². The summed E-state index contributed by atoms with van der Waals surface area (Å²) in [5.41, 5.74) is 9.86. The fourth-order valence-electron chi connectivity index (χ4n) is 3.36. The summed E-state index contributed by atoms with van der Waals surface area (Å²) in [4.78, 5) is 31.1. The molecule has 3 rings (SSSR count). The fraction of sp³-hybridized carbons (Fsp3) is 0.421. The maximum atomic E-state index is 12.4. The minimum atomic E-state index is -0.400. The van der Waals surface area contributed by atoms with Gasteiger partial charge in [-0.25, -0.2) is 4.98 Å². The topological polar surface area (TPSA) is 76.3 Å². The van der Waals surface area contributed by atoms with E-state index in [9.17, 15) is 9.59 Å². The van der Waals surface area contributed by atoms with Crippen LogP contribution < -0.4 is 5.73 Å². The molecular formula is C19H23N3O2S. The molecule has 1 aliphatic rings. The van der Waals surface area contributed by atoms with E-state index in [2.05, 4.69) is 4.98 Å². The molecule has 2 aromatic rings. The highest BCUT2D eigenvalue weighted by Crippen LogP contribution is 2.23. The van der Waals surface area contributed by atoms with Crippen LogP contribution in [0.15, 0.2) is 29.8 Å². The third-order valence-corrected chi connectivity index (χ3v) is 5.78. The maximum Gasteiger partial charge on any atom is 0.248 e. The summed E-state index contributed by atoms with van der Waals surface area (Å²) in [5.74, 6) is 0.266. The highest BCUT2D eigenvalue weighted by atomic mass is 32.1. The van der Waals surface area contributed by atoms with Gasteiger partial charge in [0.25, 0.3) is 0 Å². The third kappa shape index (κ3) is 4.45. The lowest BCUT2D eigenvalue weighted by Crippen LogP contribution is -2.29. The van der Waals surface area contributed by atoms with Gasteiger partial charge in [-0.05, 0) is 49.8 Å². The fourth-order valence-corrected chi connectivity index (χ4v) is 4.14. The summed E-state index contributed by atoms with van der Waals surface area (Å²) in [6, 6.07) is 7.48. The Morgan fingerprint density at radius 3 is 2.96 bits per heavy atom. The lowest BCUT2D eigenvalue weighted by molar-refractivity contribution is -0.130. The van der Waals surface area contributed by atoms with E-state index >= 15 is 0 Å². The molecule has 0 radical (unpaired) electrons. The van der Waals surface area contributed by atoms with Crippen LogP contribution in [0.25, 0.3) is 0 Å². The maximum absolute atomic E-state index is 12.4. The Balaban J connectivity index is 1.51. The zero-order valence-corrected chi connectivity index (χ0v) is 15.2. The number of thiazole rings is 1. The van der Waals surface area contributed by atoms with E-state index in [1.54, 1.807) is 17.4 Å². The third-order valence-electron chi connectivity index (χ3n) is 4.79. The van der Waals surface area contributed by atoms with E-state index in [0.717, 1.165) is 43.6 Å². The van der Waals surface area contributed by atoms with Crippen LogP contribution >= 0.6 is 11.3 Å². The quantitative estimate of drug-likeness (QED) is 0.863. The van der Waals surface area contributed by atoms with Crippen LogP contribution in [-0.2, 0) is 17.6 Å². The van der Waals surface area contributed by atoms with Gasteiger partial charge in [-0.1, -0.05) is 12.1 Å². The summed E-state index contributed by atoms with van der Waals surface area (Å²) in [5, 5.41) is 0. The molecule has 0 saturated carbocycles. The van der Waals surface area contributed by atoms with Crippen molar-refractivity contribution in [3.63, 3.8) is 0 Å². The van der Waals surface area contributed by atoms with E-state index in [4.69, 9.17) is 5.73 Å². The predicted octanol–water partition coefficient (Wildman–Crippen LogP) is 2.57. The number of nitrogens with two attached hydrogens (primary N) is 1. The molecule has 25 heavy (non-hydrogen) atoms. The molecular weight excluding hydrogens is 334 g/mol. The zero-order chi connectivity index (χ0) is 17.8. The molecule has 1 saturated heterocycles. The smallest absolute Gasteiger partial charge is 0.248 e. The second-order valence-electron chi connectivity index (χ2n) is 6.62. The Labute approximate surface area is 151 Å². The molecule has 0 bridgehead atoms. The summed E-state index contributed by atoms with van der Waals surface area (Å²) >= 11 is 1.62. The van der Waals surface area contributed by atoms with Gasteiger partial charge in [0.15, 0.2) is 0 Å². The van der Waals surface area contributed by atoms with Gasteiger partial charge in [0, 0.05) is 30.0 Å². The van der Waals surface area contributed by atoms with Crippen LogP contribution in [-0.4, -0.2) is 34.8 Å². The number of aromatic nitrogens is 1. The van der Waals surface area contributed by atoms with Crippen LogP contribution in [0.5, 0.6) is 0 Å². The summed E-state index contributed by atoms with van der Waals surface area (Å²) in [6.45, 7) is 3.60. The van der Waals surface area contributed by atoms with Gasteiger partial charge in [0.2, 0.25) is 11.8 Å². The average molecular weight is 357 g/mol. The standard InChI is InChI=1S/C19H23N3O2S/c1-13-17(25-12-21-13)5-6-18(23)22-8-7-15(11-22)9-14-3-2-4-16(10-14)19(20)24/h2-4,10,12,15H,5-9,11H2,1H3,(H2,20,24)/t15-/m1/s1. The normalized spacial score (nSPS) is 17.0. The molecule has 2 amide bonds. The molecule has 2 N–H and O–H groups in total. The number of carbonyl (C=O) groups excluding carboxylic acids is 2. The van der Waals surface area contributed by atoms with E-state index in [0.29, 0.717) is 17.9 Å². The first-order chi connectivity index (χ1) is 12.0. The first-order valence-corrected chi connectivity index (χ1v) is 9.46. The summed E-state index contributed by atoms with van der Waals surface area (Å²) < 4.78 is 0. The van der Waals surface area contributed by atoms with Crippen molar-refractivity contribution in [3.05, 3.63) is 51.5 Å². The molecule has 1 fully saturated rings. The SMILES string of the molecule is Cc1ncsc1CCC(=O)N1CC[C@H](Cc2cccc(C(N)=O)c2)C1. The van der Waals surface area contributed by atoms with Crippen molar-refractivity contribution in [2.45, 2.75) is 32.6 Å². The number of rotatable bonds is 6. The van der Waals surface area contributed by atoms with Crippen molar-refractivity contribution < 1.29 is 9.59 Å². The zero-order valence-electron chi connectivity index (χ0n) is 14.4. The summed E-state index contributed by atoms with van der Waals surface area (Å²) in [7, 11) is 0. The minimum absolute atomic E-state index is 0.223. The molecule has 5 nitrogen and oxygen atoms in total. The highest BCUT2D eigenvalue weighted by molar-refractivity contribution is 7.09. The number of hydrogen-bond donors (Lipinski definition) is 1. The van der Waals surface area contributed by atoms with Gasteiger partial charge in [0.05, 0.1) is 11.2 Å². The molecule has 0 aliphatic carbocycles. The van der Waals surface area contributed by atoms with Crippen molar-refractivity contribution in [2.75, 3.05) is 13.1 Å². The number of hydrogen-bond acceptors (Lipinski definition) is 4. The van der Waals surface area contributed by atoms with Crippen molar-refractivity contribution >= 4 is 23.2 Å². The molecule has 1 atom stereocenters. The number of amides is 2. The monoisotopic (exact) mass is 357 g/mol. The van der Waals surface area contributed by atoms with E-state index < -0.39 is 5.91 Å². The van der Waals surface area contributed by atoms with Crippen LogP contribution in [0.1, 0.15) is 39.3 Å². The van der Waals surface area contributed by atoms with Crippen LogP contribution in [0.3, 0.4) is 0 Å². The highest BCUT2D eigenvalue weighted by Gasteiger charge is 2.26. The lowest BCUT2D eigenvalue weighted by Gasteiger charge is -2.16. The minimum Gasteiger partial charge on any atom is -0.366 e. The number of benzene rings is 1. The predicted molar refractivity (Wildman–Crippen MR) is 98.5 cm³/mol. The van der Waals surface area contributed by atoms with Gasteiger partial charge >= 0.3 is 0 Å².